The van der Waals surface area contributed by atoms with E-state index in [2.05, 4.69) is 20.4 Å². The maximum atomic E-state index is 13.1. The molecule has 3 aromatic rings. The average molecular weight is 498 g/mol. The molecule has 0 aliphatic carbocycles. The van der Waals surface area contributed by atoms with Crippen molar-refractivity contribution in [1.82, 2.24) is 24.5 Å². The lowest BCUT2D eigenvalue weighted by molar-refractivity contribution is -0.137. The molecule has 1 saturated heterocycles. The van der Waals surface area contributed by atoms with Gasteiger partial charge in [0.2, 0.25) is 10.1 Å². The number of alkyl halides is 3. The van der Waals surface area contributed by atoms with E-state index in [4.69, 9.17) is 10.5 Å². The maximum Gasteiger partial charge on any atom is 0.419 e. The summed E-state index contributed by atoms with van der Waals surface area (Å²) < 4.78 is 46.3. The van der Waals surface area contributed by atoms with Gasteiger partial charge in [-0.2, -0.15) is 13.2 Å². The summed E-state index contributed by atoms with van der Waals surface area (Å²) in [4.78, 5) is 22.5. The predicted molar refractivity (Wildman–Crippen MR) is 123 cm³/mol. The number of hydrogen-bond acceptors (Lipinski definition) is 8. The molecule has 0 atom stereocenters. The van der Waals surface area contributed by atoms with Crippen molar-refractivity contribution in [3.63, 3.8) is 0 Å². The van der Waals surface area contributed by atoms with Gasteiger partial charge in [-0.05, 0) is 45.6 Å². The molecule has 1 amide bonds. The fourth-order valence-corrected chi connectivity index (χ4v) is 4.42. The molecule has 1 fully saturated rings. The minimum absolute atomic E-state index is 0.213. The van der Waals surface area contributed by atoms with Crippen LogP contribution in [0.25, 0.3) is 16.2 Å². The van der Waals surface area contributed by atoms with Crippen LogP contribution < -0.4 is 11.1 Å². The normalized spacial score (nSPS) is 15.6. The number of hydrogen-bond donors (Lipinski definition) is 2. The van der Waals surface area contributed by atoms with E-state index < -0.39 is 23.2 Å². The quantitative estimate of drug-likeness (QED) is 0.546. The van der Waals surface area contributed by atoms with E-state index in [1.807, 2.05) is 20.8 Å². The average Bonchev–Trinajstić information content (AvgIpc) is 3.30. The number of rotatable bonds is 4. The lowest BCUT2D eigenvalue weighted by Gasteiger charge is -2.33. The number of anilines is 2. The summed E-state index contributed by atoms with van der Waals surface area (Å²) in [5.41, 5.74) is 4.41. The van der Waals surface area contributed by atoms with E-state index in [1.165, 1.54) is 22.0 Å². The highest BCUT2D eigenvalue weighted by Gasteiger charge is 2.34. The van der Waals surface area contributed by atoms with Crippen LogP contribution in [0.5, 0.6) is 0 Å². The second kappa shape index (κ2) is 8.93. The molecule has 9 nitrogen and oxygen atoms in total. The molecule has 0 unspecified atom stereocenters. The summed E-state index contributed by atoms with van der Waals surface area (Å²) in [7, 11) is 0. The number of imidazole rings is 1. The molecule has 4 rings (SSSR count). The van der Waals surface area contributed by atoms with Gasteiger partial charge in [0.15, 0.2) is 0 Å². The summed E-state index contributed by atoms with van der Waals surface area (Å²) in [6, 6.07) is 0.942. The number of pyridine rings is 1. The molecular formula is C21H26F3N7O2S. The molecule has 0 radical (unpaired) electrons. The fourth-order valence-electron chi connectivity index (χ4n) is 3.63. The zero-order valence-corrected chi connectivity index (χ0v) is 19.8. The number of fused-ring (bicyclic) bond motifs is 1. The van der Waals surface area contributed by atoms with Crippen LogP contribution in [0.1, 0.15) is 39.2 Å². The highest BCUT2D eigenvalue weighted by atomic mass is 32.1. The molecule has 3 aromatic heterocycles. The molecular weight excluding hydrogens is 471 g/mol. The number of nitrogens with two attached hydrogens (primary N) is 1. The molecule has 4 heterocycles. The Morgan fingerprint density at radius 2 is 2.00 bits per heavy atom. The molecule has 1 aliphatic heterocycles. The second-order valence-corrected chi connectivity index (χ2v) is 10.2. The Morgan fingerprint density at radius 3 is 2.62 bits per heavy atom. The molecule has 184 valence electrons. The highest BCUT2D eigenvalue weighted by molar-refractivity contribution is 7.20. The Labute approximate surface area is 198 Å². The monoisotopic (exact) mass is 497 g/mol. The summed E-state index contributed by atoms with van der Waals surface area (Å²) in [5.74, 6) is -0.189. The van der Waals surface area contributed by atoms with Crippen molar-refractivity contribution in [2.45, 2.75) is 45.4 Å². The number of carbonyl (C=O) groups is 1. The first-order valence-electron chi connectivity index (χ1n) is 10.8. The first-order chi connectivity index (χ1) is 15.9. The number of nitrogens with zero attached hydrogens (tertiary/aromatic N) is 5. The van der Waals surface area contributed by atoms with Gasteiger partial charge < -0.3 is 20.7 Å². The molecule has 3 N–H and O–H groups in total. The zero-order valence-electron chi connectivity index (χ0n) is 19.0. The number of nitrogen functional groups attached to an aromatic ring is 1. The van der Waals surface area contributed by atoms with Crippen molar-refractivity contribution in [3.05, 3.63) is 24.0 Å². The van der Waals surface area contributed by atoms with Crippen LogP contribution in [0.4, 0.5) is 28.9 Å². The van der Waals surface area contributed by atoms with Crippen molar-refractivity contribution < 1.29 is 22.7 Å². The van der Waals surface area contributed by atoms with Crippen LogP contribution in [-0.4, -0.2) is 55.8 Å². The number of piperidine rings is 1. The van der Waals surface area contributed by atoms with Gasteiger partial charge in [0.25, 0.3) is 0 Å². The second-order valence-electron chi connectivity index (χ2n) is 9.21. The van der Waals surface area contributed by atoms with E-state index in [0.717, 1.165) is 18.9 Å². The number of likely N-dealkylation sites (tertiary alicyclic amines) is 1. The molecule has 0 bridgehead atoms. The van der Waals surface area contributed by atoms with E-state index in [9.17, 15) is 18.0 Å². The number of nitrogens with one attached hydrogen (secondary N) is 1. The first-order valence-corrected chi connectivity index (χ1v) is 11.6. The minimum atomic E-state index is -4.59. The van der Waals surface area contributed by atoms with Crippen LogP contribution in [0, 0.1) is 5.92 Å². The maximum absolute atomic E-state index is 13.1. The van der Waals surface area contributed by atoms with Crippen molar-refractivity contribution in [1.29, 1.82) is 0 Å². The predicted octanol–water partition coefficient (Wildman–Crippen LogP) is 4.51. The number of amides is 1. The lowest BCUT2D eigenvalue weighted by Crippen LogP contribution is -2.42. The third-order valence-electron chi connectivity index (χ3n) is 5.37. The molecule has 1 aliphatic rings. The Balaban J connectivity index is 1.34. The van der Waals surface area contributed by atoms with Crippen molar-refractivity contribution in [2.75, 3.05) is 30.7 Å². The third kappa shape index (κ3) is 5.51. The van der Waals surface area contributed by atoms with E-state index in [1.54, 1.807) is 11.1 Å². The van der Waals surface area contributed by atoms with E-state index in [-0.39, 0.29) is 11.7 Å². The van der Waals surface area contributed by atoms with Gasteiger partial charge in [0, 0.05) is 31.4 Å². The zero-order chi connectivity index (χ0) is 24.7. The van der Waals surface area contributed by atoms with Crippen LogP contribution in [0.3, 0.4) is 0 Å². The Kier molecular flexibility index (Phi) is 6.32. The highest BCUT2D eigenvalue weighted by Crippen LogP contribution is 2.35. The summed E-state index contributed by atoms with van der Waals surface area (Å²) in [5, 5.41) is 8.39. The number of aromatic nitrogens is 4. The Morgan fingerprint density at radius 1 is 1.29 bits per heavy atom. The largest absolute Gasteiger partial charge is 0.444 e. The fraction of sp³-hybridized carbons (Fsp3) is 0.524. The summed E-state index contributed by atoms with van der Waals surface area (Å²) in [6.45, 7) is 7.52. The SMILES string of the molecule is CC(C)(C)OC(=O)N1CCC(CNc2nn3cc(-c4cnc(N)c(C(F)(F)F)c4)nc3s2)CC1. The summed E-state index contributed by atoms with van der Waals surface area (Å²) in [6.07, 6.45) is -0.351. The van der Waals surface area contributed by atoms with Crippen molar-refractivity contribution in [3.8, 4) is 11.3 Å². The lowest BCUT2D eigenvalue weighted by atomic mass is 9.97. The van der Waals surface area contributed by atoms with E-state index >= 15 is 0 Å². The first kappa shape index (κ1) is 24.0. The van der Waals surface area contributed by atoms with Crippen LogP contribution in [0.2, 0.25) is 0 Å². The Bertz CT molecular complexity index is 1150. The van der Waals surface area contributed by atoms with Gasteiger partial charge >= 0.3 is 12.3 Å². The van der Waals surface area contributed by atoms with Crippen molar-refractivity contribution >= 4 is 33.3 Å². The minimum Gasteiger partial charge on any atom is -0.444 e. The van der Waals surface area contributed by atoms with Gasteiger partial charge in [0.1, 0.15) is 11.4 Å². The molecule has 0 saturated carbocycles. The molecule has 0 aromatic carbocycles. The molecule has 34 heavy (non-hydrogen) atoms. The smallest absolute Gasteiger partial charge is 0.419 e. The van der Waals surface area contributed by atoms with Gasteiger partial charge in [-0.25, -0.2) is 19.3 Å². The van der Waals surface area contributed by atoms with Crippen LogP contribution in [-0.2, 0) is 10.9 Å². The van der Waals surface area contributed by atoms with Crippen molar-refractivity contribution in [2.24, 2.45) is 5.92 Å². The van der Waals surface area contributed by atoms with E-state index in [0.29, 0.717) is 41.3 Å². The molecule has 0 spiro atoms. The van der Waals surface area contributed by atoms with Gasteiger partial charge in [-0.15, -0.1) is 5.10 Å². The van der Waals surface area contributed by atoms with Crippen LogP contribution >= 0.6 is 11.3 Å². The van der Waals surface area contributed by atoms with Crippen LogP contribution in [0.15, 0.2) is 18.5 Å². The van der Waals surface area contributed by atoms with Gasteiger partial charge in [-0.3, -0.25) is 0 Å². The van der Waals surface area contributed by atoms with Gasteiger partial charge in [-0.1, -0.05) is 11.3 Å². The number of ether oxygens (including phenoxy) is 1. The number of halogens is 3. The Hall–Kier alpha value is -3.09. The topological polar surface area (TPSA) is 111 Å². The standard InChI is InChI=1S/C21H26F3N7O2S/c1-20(2,3)33-19(32)30-6-4-12(5-7-30)9-27-17-29-31-11-15(28-18(31)34-17)13-8-14(21(22,23)24)16(25)26-10-13/h8,10-12H,4-7,9H2,1-3H3,(H2,25,26)(H,27,29). The summed E-state index contributed by atoms with van der Waals surface area (Å²) >= 11 is 1.30. The number of carbonyl (C=O) groups excluding carboxylic acids is 1. The molecule has 13 heteroatoms. The third-order valence-corrected chi connectivity index (χ3v) is 6.25. The van der Waals surface area contributed by atoms with Gasteiger partial charge in [0.05, 0.1) is 17.5 Å².